The van der Waals surface area contributed by atoms with Gasteiger partial charge in [0.2, 0.25) is 17.7 Å². The van der Waals surface area contributed by atoms with Crippen molar-refractivity contribution in [1.29, 1.82) is 0 Å². The number of methoxy groups -OCH3 is 2. The second kappa shape index (κ2) is 32.4. The van der Waals surface area contributed by atoms with E-state index in [-0.39, 0.29) is 68.3 Å². The topological polar surface area (TPSA) is 287 Å². The Bertz CT molecular complexity index is 3250. The normalized spacial score (nSPS) is 22.1. The summed E-state index contributed by atoms with van der Waals surface area (Å²) in [6, 6.07) is 9.36. The lowest BCUT2D eigenvalue weighted by atomic mass is 9.85. The second-order valence-corrected chi connectivity index (χ2v) is 25.3. The van der Waals surface area contributed by atoms with Gasteiger partial charge in [0.05, 0.1) is 55.0 Å². The number of alkyl carbamates (subject to hydrolysis) is 2. The summed E-state index contributed by atoms with van der Waals surface area (Å²) in [5, 5.41) is 17.2. The molecule has 30 heteroatoms. The number of terminal acetylenes is 2. The van der Waals surface area contributed by atoms with Crippen molar-refractivity contribution in [2.24, 2.45) is 10.8 Å². The third kappa shape index (κ3) is 20.3. The number of likely N-dealkylation sites (tertiary alicyclic amines) is 1. The van der Waals surface area contributed by atoms with Gasteiger partial charge in [-0.25, -0.2) is 39.1 Å². The summed E-state index contributed by atoms with van der Waals surface area (Å²) in [7, 11) is 2.46. The number of aliphatic carboxylic acids is 1. The Morgan fingerprint density at radius 1 is 0.656 bits per heavy atom. The number of benzene rings is 2. The molecule has 23 nitrogen and oxygen atoms in total. The fraction of sp³-hybridized carbons (Fsp3) is 0.567. The Hall–Kier alpha value is -6.89. The van der Waals surface area contributed by atoms with Crippen LogP contribution in [0.1, 0.15) is 104 Å². The quantitative estimate of drug-likeness (QED) is 0.0238. The molecule has 0 bridgehead atoms. The zero-order valence-corrected chi connectivity index (χ0v) is 54.6. The number of nitrogens with zero attached hydrogens (tertiary/aromatic N) is 5. The summed E-state index contributed by atoms with van der Waals surface area (Å²) >= 11 is 4.66. The minimum atomic E-state index is -3.57. The molecular weight excluding hydrogens is 1340 g/mol. The van der Waals surface area contributed by atoms with E-state index in [1.807, 2.05) is 0 Å². The first kappa shape index (κ1) is 73.8. The van der Waals surface area contributed by atoms with E-state index in [1.165, 1.54) is 19.1 Å². The molecule has 2 aliphatic heterocycles. The van der Waals surface area contributed by atoms with Gasteiger partial charge in [0.1, 0.15) is 61.8 Å². The average Bonchev–Trinajstić information content (AvgIpc) is 1.41. The minimum absolute atomic E-state index is 0. The lowest BCUT2D eigenvalue weighted by molar-refractivity contribution is -0.152. The molecule has 2 aromatic carbocycles. The van der Waals surface area contributed by atoms with Crippen LogP contribution in [0.3, 0.4) is 0 Å². The molecule has 2 aromatic heterocycles. The predicted molar refractivity (Wildman–Crippen MR) is 327 cm³/mol. The van der Waals surface area contributed by atoms with Crippen molar-refractivity contribution in [3.05, 3.63) is 59.9 Å². The number of carbonyl (C=O) groups excluding carboxylic acids is 5. The third-order valence-electron chi connectivity index (χ3n) is 14.6. The van der Waals surface area contributed by atoms with Crippen LogP contribution < -0.4 is 25.4 Å². The van der Waals surface area contributed by atoms with Crippen molar-refractivity contribution in [3.63, 3.8) is 0 Å². The molecular formula is C60H73Br2ClF4N8O15. The number of fused-ring (bicyclic) bond motifs is 2. The van der Waals surface area contributed by atoms with Gasteiger partial charge in [0.25, 0.3) is 0 Å². The van der Waals surface area contributed by atoms with Crippen molar-refractivity contribution in [1.82, 2.24) is 40.8 Å². The van der Waals surface area contributed by atoms with E-state index in [2.05, 4.69) is 84.3 Å². The van der Waals surface area contributed by atoms with Gasteiger partial charge in [-0.1, -0.05) is 77.6 Å². The van der Waals surface area contributed by atoms with Crippen molar-refractivity contribution in [2.75, 3.05) is 40.5 Å². The van der Waals surface area contributed by atoms with Crippen LogP contribution in [-0.4, -0.2) is 167 Å². The van der Waals surface area contributed by atoms with Crippen molar-refractivity contribution < 1.29 is 89.3 Å². The molecule has 4 aromatic rings. The largest absolute Gasteiger partial charge is 0.480 e. The van der Waals surface area contributed by atoms with Crippen molar-refractivity contribution >= 4 is 102 Å². The number of nitrogens with one attached hydrogen (secondary N) is 3. The summed E-state index contributed by atoms with van der Waals surface area (Å²) in [6.45, 7) is 10.9. The first-order chi connectivity index (χ1) is 41.9. The number of carboxylic acid groups (broad SMARTS) is 1. The number of carboxylic acids is 1. The SMILES string of the molecule is C#CCO[C@@H]1CCC[C@H]1OC(=O)N[C@H](C(=O)N1C[C@H](Oc2nc3ccccc3nc2C(F)(F)Br)C[C@H]1C(=O)OC)C(C)(C)C.C#CCO[C@@H]1CCC[C@H]1OC(=O)N[C@H](C(=O)O)C(C)(C)C.COC(=O)[C@@H]1C[C@@H](Oc2nc3ccccc3nc2C(F)(F)Br)CN1.Cl. The van der Waals surface area contributed by atoms with Gasteiger partial charge >= 0.3 is 39.8 Å². The Kier molecular flexibility index (Phi) is 26.6. The van der Waals surface area contributed by atoms with Gasteiger partial charge < -0.3 is 63.9 Å². The maximum absolute atomic E-state index is 14.5. The number of hydrogen-bond acceptors (Lipinski definition) is 19. The molecule has 0 unspecified atom stereocenters. The Balaban J connectivity index is 0.000000269. The number of rotatable bonds is 18. The third-order valence-corrected chi connectivity index (χ3v) is 15.3. The fourth-order valence-electron chi connectivity index (χ4n) is 10.2. The van der Waals surface area contributed by atoms with Crippen LogP contribution in [0.5, 0.6) is 11.8 Å². The maximum atomic E-state index is 14.5. The molecule has 0 radical (unpaired) electrons. The van der Waals surface area contributed by atoms with E-state index in [0.717, 1.165) is 19.3 Å². The van der Waals surface area contributed by atoms with Crippen molar-refractivity contribution in [2.45, 2.75) is 163 Å². The zero-order valence-electron chi connectivity index (χ0n) is 50.6. The monoisotopic (exact) mass is 1410 g/mol. The molecule has 4 N–H and O–H groups in total. The molecule has 0 spiro atoms. The van der Waals surface area contributed by atoms with Crippen LogP contribution in [0.2, 0.25) is 0 Å². The van der Waals surface area contributed by atoms with Gasteiger partial charge in [-0.15, -0.1) is 25.3 Å². The Labute approximate surface area is 540 Å². The highest BCUT2D eigenvalue weighted by Crippen LogP contribution is 2.41. The van der Waals surface area contributed by atoms with E-state index in [1.54, 1.807) is 90.1 Å². The highest BCUT2D eigenvalue weighted by Gasteiger charge is 2.48. The van der Waals surface area contributed by atoms with E-state index >= 15 is 0 Å². The molecule has 90 heavy (non-hydrogen) atoms. The summed E-state index contributed by atoms with van der Waals surface area (Å²) in [5.74, 6) is 1.24. The van der Waals surface area contributed by atoms with Crippen LogP contribution in [0.4, 0.5) is 27.2 Å². The summed E-state index contributed by atoms with van der Waals surface area (Å²) in [4.78, 5) is 85.1. The molecule has 4 fully saturated rings. The molecule has 4 aliphatic rings. The lowest BCUT2D eigenvalue weighted by Crippen LogP contribution is -2.57. The highest BCUT2D eigenvalue weighted by molar-refractivity contribution is 9.09. The van der Waals surface area contributed by atoms with Crippen molar-refractivity contribution in [3.8, 4) is 36.4 Å². The minimum Gasteiger partial charge on any atom is -0.480 e. The molecule has 2 saturated heterocycles. The molecule has 492 valence electrons. The number of aromatic nitrogens is 4. The van der Waals surface area contributed by atoms with Crippen LogP contribution in [-0.2, 0) is 57.3 Å². The predicted octanol–water partition coefficient (Wildman–Crippen LogP) is 8.87. The number of para-hydroxylation sites is 4. The van der Waals surface area contributed by atoms with E-state index < -0.39 is 116 Å². The lowest BCUT2D eigenvalue weighted by Gasteiger charge is -2.35. The molecule has 4 heterocycles. The summed E-state index contributed by atoms with van der Waals surface area (Å²) in [5.41, 5.74) is -1.42. The molecule has 2 aliphatic carbocycles. The Morgan fingerprint density at radius 3 is 1.47 bits per heavy atom. The highest BCUT2D eigenvalue weighted by atomic mass is 79.9. The number of halogens is 7. The summed E-state index contributed by atoms with van der Waals surface area (Å²) < 4.78 is 99.7. The van der Waals surface area contributed by atoms with Crippen LogP contribution in [0, 0.1) is 35.5 Å². The van der Waals surface area contributed by atoms with Crippen LogP contribution in [0.15, 0.2) is 48.5 Å². The van der Waals surface area contributed by atoms with E-state index in [0.29, 0.717) is 48.8 Å². The second-order valence-electron chi connectivity index (χ2n) is 23.3. The Morgan fingerprint density at radius 2 is 1.07 bits per heavy atom. The van der Waals surface area contributed by atoms with E-state index in [4.69, 9.17) is 51.1 Å². The van der Waals surface area contributed by atoms with Gasteiger partial charge in [-0.3, -0.25) is 9.59 Å². The van der Waals surface area contributed by atoms with Gasteiger partial charge in [0.15, 0.2) is 11.4 Å². The van der Waals surface area contributed by atoms with E-state index in [9.17, 15) is 46.3 Å². The molecule has 2 saturated carbocycles. The number of carbonyl (C=O) groups is 6. The molecule has 10 atom stereocenters. The number of amides is 3. The smallest absolute Gasteiger partial charge is 0.408 e. The van der Waals surface area contributed by atoms with Crippen LogP contribution in [0.25, 0.3) is 22.1 Å². The fourth-order valence-corrected chi connectivity index (χ4v) is 10.7. The average molecular weight is 1420 g/mol. The number of hydrogen-bond donors (Lipinski definition) is 4. The van der Waals surface area contributed by atoms with Gasteiger partial charge in [-0.05, 0) is 105 Å². The van der Waals surface area contributed by atoms with Gasteiger partial charge in [-0.2, -0.15) is 17.6 Å². The number of ether oxygens (including phenoxy) is 8. The summed E-state index contributed by atoms with van der Waals surface area (Å²) in [6.07, 6.45) is 10.6. The van der Waals surface area contributed by atoms with Gasteiger partial charge in [0, 0.05) is 19.4 Å². The standard InChI is InChI=1S/C30H35BrF2N4O7.C15H14BrF2N3O3.C15H23NO5.ClH/c1-6-14-42-21-12-9-13-22(21)44-28(40)36-24(29(2,3)4)26(38)37-16-17(15-20(37)27(39)41-5)43-25-23(30(31,32)33)34-18-10-7-8-11-19(18)35-25;1-23-14(22)11-6-8(7-19-11)24-13-12(15(16,17)18)20-9-4-2-3-5-10(9)21-13;1-5-9-20-10-7-6-8-11(10)21-14(19)16-12(13(17)18)15(2,3)4;/h1,7-8,10-11,17,20-22,24H,9,12-16H2,2-5H3,(H,36,40);2-5,8,11,19H,6-7H2,1H3;1,10-12H,6-9H2,2-4H3,(H,16,19)(H,17,18);1H/t17-,20+,21-,22-,24-;8-,11+;10-,11-,12-;/m111./s1. The molecule has 8 rings (SSSR count). The zero-order chi connectivity index (χ0) is 65.6. The van der Waals surface area contributed by atoms with Crippen LogP contribution >= 0.6 is 44.3 Å². The first-order valence-electron chi connectivity index (χ1n) is 28.3. The first-order valence-corrected chi connectivity index (χ1v) is 29.9. The number of alkyl halides is 6. The number of esters is 2. The maximum Gasteiger partial charge on any atom is 0.408 e. The molecule has 3 amide bonds.